The van der Waals surface area contributed by atoms with Crippen molar-refractivity contribution in [2.45, 2.75) is 13.0 Å². The predicted molar refractivity (Wildman–Crippen MR) is 120 cm³/mol. The Balaban J connectivity index is 1.59. The van der Waals surface area contributed by atoms with E-state index in [1.165, 1.54) is 6.21 Å². The van der Waals surface area contributed by atoms with Gasteiger partial charge in [-0.1, -0.05) is 54.6 Å². The second-order valence-corrected chi connectivity index (χ2v) is 6.77. The van der Waals surface area contributed by atoms with Crippen molar-refractivity contribution in [3.63, 3.8) is 0 Å². The number of hydrogen-bond donors (Lipinski definition) is 2. The number of hydrazone groups is 1. The van der Waals surface area contributed by atoms with Gasteiger partial charge >= 0.3 is 11.8 Å². The van der Waals surface area contributed by atoms with Gasteiger partial charge in [-0.25, -0.2) is 5.43 Å². The van der Waals surface area contributed by atoms with Gasteiger partial charge in [0.25, 0.3) is 0 Å². The van der Waals surface area contributed by atoms with E-state index in [1.807, 2.05) is 48.5 Å². The highest BCUT2D eigenvalue weighted by atomic mass is 16.5. The standard InChI is InChI=1S/C24H25N3O4/c1-30-15-7-14-25-23(28)24(29)27-26-16-19-9-3-5-13-22(19)31-17-20-11-6-10-18-8-2-4-12-21(18)20/h2-6,8-13,16H,7,14-15,17H2,1H3,(H,25,28)(H,27,29)/b26-16-. The van der Waals surface area contributed by atoms with Crippen molar-refractivity contribution >= 4 is 28.8 Å². The highest BCUT2D eigenvalue weighted by Gasteiger charge is 2.11. The monoisotopic (exact) mass is 419 g/mol. The van der Waals surface area contributed by atoms with Crippen molar-refractivity contribution in [3.05, 3.63) is 77.9 Å². The van der Waals surface area contributed by atoms with Crippen LogP contribution in [0.3, 0.4) is 0 Å². The lowest BCUT2D eigenvalue weighted by Gasteiger charge is -2.11. The SMILES string of the molecule is COCCCNC(=O)C(=O)N/N=C\c1ccccc1OCc1cccc2ccccc12. The molecule has 0 aliphatic carbocycles. The number of amides is 2. The van der Waals surface area contributed by atoms with Crippen molar-refractivity contribution in [3.8, 4) is 5.75 Å². The van der Waals surface area contributed by atoms with Crippen molar-refractivity contribution in [2.24, 2.45) is 5.10 Å². The summed E-state index contributed by atoms with van der Waals surface area (Å²) in [5.41, 5.74) is 3.99. The quantitative estimate of drug-likeness (QED) is 0.242. The number of fused-ring (bicyclic) bond motifs is 1. The fraction of sp³-hybridized carbons (Fsp3) is 0.208. The number of benzene rings is 3. The molecular formula is C24H25N3O4. The van der Waals surface area contributed by atoms with Crippen molar-refractivity contribution in [1.29, 1.82) is 0 Å². The Morgan fingerprint density at radius 2 is 1.74 bits per heavy atom. The summed E-state index contributed by atoms with van der Waals surface area (Å²) in [6, 6.07) is 21.6. The predicted octanol–water partition coefficient (Wildman–Crippen LogP) is 3.02. The molecule has 3 rings (SSSR count). The van der Waals surface area contributed by atoms with Crippen molar-refractivity contribution < 1.29 is 19.1 Å². The molecule has 31 heavy (non-hydrogen) atoms. The molecule has 2 amide bonds. The molecule has 2 N–H and O–H groups in total. The van der Waals surface area contributed by atoms with Crippen LogP contribution in [-0.2, 0) is 20.9 Å². The van der Waals surface area contributed by atoms with Gasteiger partial charge in [0, 0.05) is 25.8 Å². The first-order valence-electron chi connectivity index (χ1n) is 9.97. The fourth-order valence-corrected chi connectivity index (χ4v) is 3.00. The lowest BCUT2D eigenvalue weighted by atomic mass is 10.1. The minimum absolute atomic E-state index is 0.356. The maximum atomic E-state index is 11.8. The van der Waals surface area contributed by atoms with Gasteiger partial charge in [-0.05, 0) is 34.9 Å². The van der Waals surface area contributed by atoms with Crippen LogP contribution in [0, 0.1) is 0 Å². The third-order valence-electron chi connectivity index (χ3n) is 4.57. The number of carbonyl (C=O) groups excluding carboxylic acids is 2. The summed E-state index contributed by atoms with van der Waals surface area (Å²) in [7, 11) is 1.58. The molecule has 0 fully saturated rings. The Morgan fingerprint density at radius 3 is 2.61 bits per heavy atom. The van der Waals surface area contributed by atoms with Crippen molar-refractivity contribution in [1.82, 2.24) is 10.7 Å². The summed E-state index contributed by atoms with van der Waals surface area (Å²) in [5.74, 6) is -0.950. The first kappa shape index (κ1) is 22.0. The smallest absolute Gasteiger partial charge is 0.329 e. The van der Waals surface area contributed by atoms with E-state index in [0.717, 1.165) is 16.3 Å². The number of hydrogen-bond acceptors (Lipinski definition) is 5. The molecule has 7 nitrogen and oxygen atoms in total. The molecule has 0 bridgehead atoms. The molecule has 0 atom stereocenters. The Bertz CT molecular complexity index is 1060. The van der Waals surface area contributed by atoms with Gasteiger partial charge in [0.05, 0.1) is 6.21 Å². The maximum absolute atomic E-state index is 11.8. The van der Waals surface area contributed by atoms with Gasteiger partial charge < -0.3 is 14.8 Å². The summed E-state index contributed by atoms with van der Waals surface area (Å²) < 4.78 is 10.9. The van der Waals surface area contributed by atoms with E-state index in [-0.39, 0.29) is 0 Å². The van der Waals surface area contributed by atoms with Gasteiger partial charge in [-0.2, -0.15) is 5.10 Å². The van der Waals surface area contributed by atoms with Crippen molar-refractivity contribution in [2.75, 3.05) is 20.3 Å². The normalized spacial score (nSPS) is 10.9. The van der Waals surface area contributed by atoms with Gasteiger partial charge in [0.1, 0.15) is 12.4 Å². The minimum Gasteiger partial charge on any atom is -0.488 e. The van der Waals surface area contributed by atoms with Gasteiger partial charge in [-0.15, -0.1) is 0 Å². The number of carbonyl (C=O) groups is 2. The number of ether oxygens (including phenoxy) is 2. The molecule has 0 heterocycles. The number of methoxy groups -OCH3 is 1. The van der Waals surface area contributed by atoms with Crippen LogP contribution in [0.25, 0.3) is 10.8 Å². The summed E-state index contributed by atoms with van der Waals surface area (Å²) in [5, 5.41) is 8.68. The summed E-state index contributed by atoms with van der Waals surface area (Å²) in [6.45, 7) is 1.26. The third-order valence-corrected chi connectivity index (χ3v) is 4.57. The van der Waals surface area contributed by atoms with E-state index in [4.69, 9.17) is 9.47 Å². The first-order chi connectivity index (χ1) is 15.2. The van der Waals surface area contributed by atoms with Crippen LogP contribution in [0.4, 0.5) is 0 Å². The van der Waals surface area contributed by atoms with E-state index in [1.54, 1.807) is 7.11 Å². The van der Waals surface area contributed by atoms with E-state index in [2.05, 4.69) is 34.0 Å². The molecule has 0 saturated heterocycles. The Kier molecular flexibility index (Phi) is 8.13. The van der Waals surface area contributed by atoms with E-state index < -0.39 is 11.8 Å². The molecule has 7 heteroatoms. The Hall–Kier alpha value is -3.71. The number of para-hydroxylation sites is 1. The fourth-order valence-electron chi connectivity index (χ4n) is 3.00. The molecule has 160 valence electrons. The van der Waals surface area contributed by atoms with Crippen LogP contribution in [0.5, 0.6) is 5.75 Å². The van der Waals surface area contributed by atoms with E-state index >= 15 is 0 Å². The van der Waals surface area contributed by atoms with Crippen LogP contribution in [0.2, 0.25) is 0 Å². The topological polar surface area (TPSA) is 89.0 Å². The molecule has 0 unspecified atom stereocenters. The molecule has 0 aromatic heterocycles. The zero-order chi connectivity index (χ0) is 21.9. The molecule has 0 aliphatic heterocycles. The molecule has 3 aromatic carbocycles. The number of rotatable bonds is 9. The Labute approximate surface area is 181 Å². The first-order valence-corrected chi connectivity index (χ1v) is 9.97. The van der Waals surface area contributed by atoms with Gasteiger partial charge in [0.15, 0.2) is 0 Å². The average Bonchev–Trinajstić information content (AvgIpc) is 2.81. The molecule has 0 saturated carbocycles. The molecule has 3 aromatic rings. The number of nitrogens with zero attached hydrogens (tertiary/aromatic N) is 1. The van der Waals surface area contributed by atoms with Crippen LogP contribution in [-0.4, -0.2) is 38.3 Å². The Morgan fingerprint density at radius 1 is 0.968 bits per heavy atom. The summed E-state index contributed by atoms with van der Waals surface area (Å²) >= 11 is 0. The van der Waals surface area contributed by atoms with E-state index in [0.29, 0.717) is 37.5 Å². The summed E-state index contributed by atoms with van der Waals surface area (Å²) in [4.78, 5) is 23.5. The second-order valence-electron chi connectivity index (χ2n) is 6.77. The zero-order valence-electron chi connectivity index (χ0n) is 17.3. The summed E-state index contributed by atoms with van der Waals surface area (Å²) in [6.07, 6.45) is 2.08. The largest absolute Gasteiger partial charge is 0.488 e. The van der Waals surface area contributed by atoms with E-state index in [9.17, 15) is 9.59 Å². The van der Waals surface area contributed by atoms with Gasteiger partial charge in [0.2, 0.25) is 0 Å². The van der Waals surface area contributed by atoms with Crippen LogP contribution in [0.15, 0.2) is 71.8 Å². The highest BCUT2D eigenvalue weighted by Crippen LogP contribution is 2.22. The average molecular weight is 419 g/mol. The number of nitrogens with one attached hydrogen (secondary N) is 2. The van der Waals surface area contributed by atoms with Crippen LogP contribution in [0.1, 0.15) is 17.5 Å². The van der Waals surface area contributed by atoms with Gasteiger partial charge in [-0.3, -0.25) is 9.59 Å². The third kappa shape index (κ3) is 6.38. The van der Waals surface area contributed by atoms with Crippen LogP contribution >= 0.6 is 0 Å². The minimum atomic E-state index is -0.831. The molecule has 0 aliphatic rings. The molecule has 0 radical (unpaired) electrons. The molecular weight excluding hydrogens is 394 g/mol. The lowest BCUT2D eigenvalue weighted by Crippen LogP contribution is -2.38. The lowest BCUT2D eigenvalue weighted by molar-refractivity contribution is -0.139. The zero-order valence-corrected chi connectivity index (χ0v) is 17.3. The second kappa shape index (κ2) is 11.5. The van der Waals surface area contributed by atoms with Crippen LogP contribution < -0.4 is 15.5 Å². The maximum Gasteiger partial charge on any atom is 0.329 e. The highest BCUT2D eigenvalue weighted by molar-refractivity contribution is 6.35. The molecule has 0 spiro atoms.